The van der Waals surface area contributed by atoms with E-state index < -0.39 is 0 Å². The molecule has 2 nitrogen and oxygen atoms in total. The SMILES string of the molecule is CC(C)C(=O)CC(CO)c1ccccc1. The monoisotopic (exact) mass is 206 g/mol. The van der Waals surface area contributed by atoms with Gasteiger partial charge in [-0.15, -0.1) is 0 Å². The Kier molecular flexibility index (Phi) is 4.50. The molecule has 1 aromatic rings. The van der Waals surface area contributed by atoms with Crippen LogP contribution in [0.25, 0.3) is 0 Å². The summed E-state index contributed by atoms with van der Waals surface area (Å²) < 4.78 is 0. The summed E-state index contributed by atoms with van der Waals surface area (Å²) in [5.41, 5.74) is 1.04. The van der Waals surface area contributed by atoms with Gasteiger partial charge in [0.25, 0.3) is 0 Å². The number of carbonyl (C=O) groups excluding carboxylic acids is 1. The number of benzene rings is 1. The summed E-state index contributed by atoms with van der Waals surface area (Å²) in [6.45, 7) is 3.81. The summed E-state index contributed by atoms with van der Waals surface area (Å²) in [6.07, 6.45) is 0.429. The highest BCUT2D eigenvalue weighted by atomic mass is 16.3. The van der Waals surface area contributed by atoms with E-state index in [9.17, 15) is 9.90 Å². The highest BCUT2D eigenvalue weighted by Crippen LogP contribution is 2.20. The molecule has 0 radical (unpaired) electrons. The molecule has 0 saturated carbocycles. The van der Waals surface area contributed by atoms with Gasteiger partial charge in [0.15, 0.2) is 0 Å². The van der Waals surface area contributed by atoms with Crippen molar-refractivity contribution in [3.63, 3.8) is 0 Å². The van der Waals surface area contributed by atoms with Crippen molar-refractivity contribution in [1.29, 1.82) is 0 Å². The Balaban J connectivity index is 2.69. The van der Waals surface area contributed by atoms with Gasteiger partial charge >= 0.3 is 0 Å². The normalized spacial score (nSPS) is 12.8. The fraction of sp³-hybridized carbons (Fsp3) is 0.462. The van der Waals surface area contributed by atoms with Crippen molar-refractivity contribution in [2.75, 3.05) is 6.61 Å². The molecule has 0 aliphatic carbocycles. The number of Topliss-reactive ketones (excluding diaryl/α,β-unsaturated/α-hetero) is 1. The Morgan fingerprint density at radius 3 is 2.33 bits per heavy atom. The quantitative estimate of drug-likeness (QED) is 0.803. The smallest absolute Gasteiger partial charge is 0.136 e. The zero-order valence-electron chi connectivity index (χ0n) is 9.31. The van der Waals surface area contributed by atoms with Gasteiger partial charge in [-0.05, 0) is 5.56 Å². The predicted molar refractivity (Wildman–Crippen MR) is 60.7 cm³/mol. The summed E-state index contributed by atoms with van der Waals surface area (Å²) in [7, 11) is 0. The van der Waals surface area contributed by atoms with Crippen molar-refractivity contribution in [2.45, 2.75) is 26.2 Å². The fourth-order valence-corrected chi connectivity index (χ4v) is 1.49. The molecule has 1 rings (SSSR count). The topological polar surface area (TPSA) is 37.3 Å². The van der Waals surface area contributed by atoms with Gasteiger partial charge in [0, 0.05) is 18.3 Å². The number of carbonyl (C=O) groups is 1. The van der Waals surface area contributed by atoms with Crippen LogP contribution >= 0.6 is 0 Å². The lowest BCUT2D eigenvalue weighted by molar-refractivity contribution is -0.122. The molecule has 0 heterocycles. The molecular weight excluding hydrogens is 188 g/mol. The van der Waals surface area contributed by atoms with E-state index in [4.69, 9.17) is 0 Å². The molecule has 0 spiro atoms. The first-order valence-electron chi connectivity index (χ1n) is 5.33. The van der Waals surface area contributed by atoms with Gasteiger partial charge < -0.3 is 5.11 Å². The molecule has 0 aromatic heterocycles. The summed E-state index contributed by atoms with van der Waals surface area (Å²) in [6, 6.07) is 9.70. The maximum absolute atomic E-state index is 11.6. The van der Waals surface area contributed by atoms with Gasteiger partial charge in [0.2, 0.25) is 0 Å². The molecular formula is C13H18O2. The van der Waals surface area contributed by atoms with Crippen LogP contribution in [0.4, 0.5) is 0 Å². The molecule has 0 saturated heterocycles. The van der Waals surface area contributed by atoms with Crippen molar-refractivity contribution in [2.24, 2.45) is 5.92 Å². The Labute approximate surface area is 90.9 Å². The molecule has 15 heavy (non-hydrogen) atoms. The maximum atomic E-state index is 11.6. The predicted octanol–water partition coefficient (Wildman–Crippen LogP) is 2.38. The summed E-state index contributed by atoms with van der Waals surface area (Å²) in [5.74, 6) is 0.196. The van der Waals surface area contributed by atoms with E-state index >= 15 is 0 Å². The molecule has 2 heteroatoms. The minimum Gasteiger partial charge on any atom is -0.396 e. The van der Waals surface area contributed by atoms with Crippen LogP contribution in [0.3, 0.4) is 0 Å². The molecule has 1 aromatic carbocycles. The minimum absolute atomic E-state index is 0.0302. The molecule has 0 amide bonds. The lowest BCUT2D eigenvalue weighted by Gasteiger charge is -2.14. The number of hydrogen-bond acceptors (Lipinski definition) is 2. The summed E-state index contributed by atoms with van der Waals surface area (Å²) >= 11 is 0. The second kappa shape index (κ2) is 5.66. The van der Waals surface area contributed by atoms with Gasteiger partial charge in [-0.25, -0.2) is 0 Å². The van der Waals surface area contributed by atoms with Crippen molar-refractivity contribution in [1.82, 2.24) is 0 Å². The molecule has 82 valence electrons. The lowest BCUT2D eigenvalue weighted by Crippen LogP contribution is -2.14. The number of rotatable bonds is 5. The van der Waals surface area contributed by atoms with E-state index in [2.05, 4.69) is 0 Å². The van der Waals surface area contributed by atoms with Gasteiger partial charge in [-0.3, -0.25) is 4.79 Å². The molecule has 0 aliphatic rings. The number of hydrogen-bond donors (Lipinski definition) is 1. The van der Waals surface area contributed by atoms with Gasteiger partial charge in [-0.1, -0.05) is 44.2 Å². The van der Waals surface area contributed by atoms with Crippen LogP contribution in [0.1, 0.15) is 31.7 Å². The Morgan fingerprint density at radius 1 is 1.27 bits per heavy atom. The Bertz CT molecular complexity index is 304. The van der Waals surface area contributed by atoms with Crippen LogP contribution in [0.15, 0.2) is 30.3 Å². The largest absolute Gasteiger partial charge is 0.396 e. The van der Waals surface area contributed by atoms with Crippen LogP contribution in [-0.4, -0.2) is 17.5 Å². The van der Waals surface area contributed by atoms with Crippen molar-refractivity contribution >= 4 is 5.78 Å². The minimum atomic E-state index is -0.0545. The average molecular weight is 206 g/mol. The highest BCUT2D eigenvalue weighted by Gasteiger charge is 2.16. The second-order valence-electron chi connectivity index (χ2n) is 4.12. The highest BCUT2D eigenvalue weighted by molar-refractivity contribution is 5.81. The van der Waals surface area contributed by atoms with E-state index in [1.807, 2.05) is 44.2 Å². The van der Waals surface area contributed by atoms with Crippen LogP contribution < -0.4 is 0 Å². The van der Waals surface area contributed by atoms with Crippen LogP contribution in [-0.2, 0) is 4.79 Å². The third-order valence-electron chi connectivity index (χ3n) is 2.58. The zero-order chi connectivity index (χ0) is 11.3. The van der Waals surface area contributed by atoms with Crippen molar-refractivity contribution < 1.29 is 9.90 Å². The van der Waals surface area contributed by atoms with Crippen molar-refractivity contribution in [3.05, 3.63) is 35.9 Å². The maximum Gasteiger partial charge on any atom is 0.136 e. The first kappa shape index (κ1) is 11.9. The summed E-state index contributed by atoms with van der Waals surface area (Å²) in [5, 5.41) is 9.26. The number of aliphatic hydroxyl groups excluding tert-OH is 1. The molecule has 0 aliphatic heterocycles. The Morgan fingerprint density at radius 2 is 1.87 bits per heavy atom. The van der Waals surface area contributed by atoms with Crippen LogP contribution in [0.2, 0.25) is 0 Å². The van der Waals surface area contributed by atoms with E-state index in [1.54, 1.807) is 0 Å². The van der Waals surface area contributed by atoms with Gasteiger partial charge in [-0.2, -0.15) is 0 Å². The zero-order valence-corrected chi connectivity index (χ0v) is 9.31. The second-order valence-corrected chi connectivity index (χ2v) is 4.12. The van der Waals surface area contributed by atoms with Crippen LogP contribution in [0.5, 0.6) is 0 Å². The third-order valence-corrected chi connectivity index (χ3v) is 2.58. The first-order chi connectivity index (χ1) is 7.15. The van der Waals surface area contributed by atoms with Crippen LogP contribution in [0, 0.1) is 5.92 Å². The van der Waals surface area contributed by atoms with E-state index in [1.165, 1.54) is 0 Å². The van der Waals surface area contributed by atoms with Gasteiger partial charge in [0.1, 0.15) is 5.78 Å². The fourth-order valence-electron chi connectivity index (χ4n) is 1.49. The molecule has 1 unspecified atom stereocenters. The van der Waals surface area contributed by atoms with E-state index in [0.29, 0.717) is 6.42 Å². The van der Waals surface area contributed by atoms with E-state index in [0.717, 1.165) is 5.56 Å². The molecule has 0 fully saturated rings. The number of aliphatic hydroxyl groups is 1. The third kappa shape index (κ3) is 3.48. The van der Waals surface area contributed by atoms with Crippen molar-refractivity contribution in [3.8, 4) is 0 Å². The number of ketones is 1. The lowest BCUT2D eigenvalue weighted by atomic mass is 9.91. The van der Waals surface area contributed by atoms with E-state index in [-0.39, 0.29) is 24.2 Å². The average Bonchev–Trinajstić information content (AvgIpc) is 2.26. The molecule has 1 atom stereocenters. The summed E-state index contributed by atoms with van der Waals surface area (Å²) in [4.78, 5) is 11.6. The molecule has 1 N–H and O–H groups in total. The molecule has 0 bridgehead atoms. The first-order valence-corrected chi connectivity index (χ1v) is 5.33. The standard InChI is InChI=1S/C13H18O2/c1-10(2)13(15)8-12(9-14)11-6-4-3-5-7-11/h3-7,10,12,14H,8-9H2,1-2H3. The Hall–Kier alpha value is -1.15. The van der Waals surface area contributed by atoms with Gasteiger partial charge in [0.05, 0.1) is 6.61 Å².